The highest BCUT2D eigenvalue weighted by Crippen LogP contribution is 2.41. The molecule has 1 aromatic heterocycles. The third-order valence-corrected chi connectivity index (χ3v) is 7.99. The van der Waals surface area contributed by atoms with Crippen molar-refractivity contribution in [2.45, 2.75) is 63.8 Å². The second-order valence-electron chi connectivity index (χ2n) is 10.3. The van der Waals surface area contributed by atoms with Crippen molar-refractivity contribution in [1.82, 2.24) is 14.8 Å². The standard InChI is InChI=1S/C30H39N3O/c34-30(31-17-20-32-18-9-10-19-32)21-27(25-13-5-2-6-14-25)28-23-33(22-24-11-3-1-4-12-24)29-16-8-7-15-26(28)29/h1,3-4,7-8,11-12,15-16,23,25,27H,2,5-6,9-10,13-14,17-22H2,(H,31,34)/t27-/m0/s1. The number of nitrogens with zero attached hydrogens (tertiary/aromatic N) is 2. The van der Waals surface area contributed by atoms with Crippen LogP contribution in [0.3, 0.4) is 0 Å². The van der Waals surface area contributed by atoms with Gasteiger partial charge in [0.25, 0.3) is 0 Å². The Bertz CT molecular complexity index is 1060. The number of fused-ring (bicyclic) bond motifs is 1. The van der Waals surface area contributed by atoms with Crippen molar-refractivity contribution < 1.29 is 4.79 Å². The maximum atomic E-state index is 13.1. The Morgan fingerprint density at radius 1 is 0.912 bits per heavy atom. The summed E-state index contributed by atoms with van der Waals surface area (Å²) in [5, 5.41) is 4.57. The first-order valence-electron chi connectivity index (χ1n) is 13.4. The number of likely N-dealkylation sites (tertiary alicyclic amines) is 1. The number of amides is 1. The van der Waals surface area contributed by atoms with Gasteiger partial charge in [0, 0.05) is 43.2 Å². The van der Waals surface area contributed by atoms with Gasteiger partial charge in [-0.2, -0.15) is 0 Å². The van der Waals surface area contributed by atoms with Crippen LogP contribution in [0.1, 0.15) is 68.4 Å². The van der Waals surface area contributed by atoms with Crippen molar-refractivity contribution in [3.05, 3.63) is 71.9 Å². The molecule has 4 heteroatoms. The largest absolute Gasteiger partial charge is 0.355 e. The van der Waals surface area contributed by atoms with E-state index in [1.165, 1.54) is 80.1 Å². The van der Waals surface area contributed by atoms with Crippen LogP contribution in [0.4, 0.5) is 0 Å². The first-order chi connectivity index (χ1) is 16.8. The second-order valence-corrected chi connectivity index (χ2v) is 10.3. The van der Waals surface area contributed by atoms with Gasteiger partial charge >= 0.3 is 0 Å². The number of hydrogen-bond acceptors (Lipinski definition) is 2. The maximum absolute atomic E-state index is 13.1. The van der Waals surface area contributed by atoms with Crippen LogP contribution < -0.4 is 5.32 Å². The summed E-state index contributed by atoms with van der Waals surface area (Å²) in [5.41, 5.74) is 3.95. The normalized spacial score (nSPS) is 18.4. The van der Waals surface area contributed by atoms with Gasteiger partial charge in [-0.05, 0) is 67.8 Å². The molecule has 2 aromatic carbocycles. The van der Waals surface area contributed by atoms with Crippen molar-refractivity contribution in [3.8, 4) is 0 Å². The van der Waals surface area contributed by atoms with Crippen molar-refractivity contribution in [2.24, 2.45) is 5.92 Å². The Morgan fingerprint density at radius 2 is 1.65 bits per heavy atom. The molecule has 1 N–H and O–H groups in total. The van der Waals surface area contributed by atoms with Crippen molar-refractivity contribution in [2.75, 3.05) is 26.2 Å². The molecule has 0 unspecified atom stereocenters. The van der Waals surface area contributed by atoms with E-state index >= 15 is 0 Å². The molecule has 1 aliphatic heterocycles. The van der Waals surface area contributed by atoms with E-state index in [9.17, 15) is 4.79 Å². The molecule has 34 heavy (non-hydrogen) atoms. The van der Waals surface area contributed by atoms with Crippen LogP contribution >= 0.6 is 0 Å². The van der Waals surface area contributed by atoms with Gasteiger partial charge in [-0.1, -0.05) is 67.8 Å². The Hall–Kier alpha value is -2.59. The molecule has 0 radical (unpaired) electrons. The lowest BCUT2D eigenvalue weighted by atomic mass is 9.75. The summed E-state index contributed by atoms with van der Waals surface area (Å²) in [6.07, 6.45) is 11.9. The predicted molar refractivity (Wildman–Crippen MR) is 140 cm³/mol. The molecule has 1 atom stereocenters. The minimum Gasteiger partial charge on any atom is -0.355 e. The van der Waals surface area contributed by atoms with E-state index in [0.29, 0.717) is 12.3 Å². The molecule has 2 heterocycles. The molecule has 0 spiro atoms. The fourth-order valence-corrected chi connectivity index (χ4v) is 6.18. The summed E-state index contributed by atoms with van der Waals surface area (Å²) in [4.78, 5) is 15.6. The smallest absolute Gasteiger partial charge is 0.220 e. The van der Waals surface area contributed by atoms with Crippen molar-refractivity contribution in [1.29, 1.82) is 0 Å². The third-order valence-electron chi connectivity index (χ3n) is 7.99. The van der Waals surface area contributed by atoms with E-state index in [2.05, 4.69) is 75.6 Å². The summed E-state index contributed by atoms with van der Waals surface area (Å²) < 4.78 is 2.39. The Balaban J connectivity index is 1.38. The number of carbonyl (C=O) groups excluding carboxylic acids is 1. The van der Waals surface area contributed by atoms with Gasteiger partial charge in [-0.25, -0.2) is 0 Å². The molecule has 0 bridgehead atoms. The molecular weight excluding hydrogens is 418 g/mol. The molecule has 1 saturated carbocycles. The molecule has 180 valence electrons. The van der Waals surface area contributed by atoms with Crippen LogP contribution in [-0.4, -0.2) is 41.6 Å². The Morgan fingerprint density at radius 3 is 2.44 bits per heavy atom. The van der Waals surface area contributed by atoms with Crippen LogP contribution in [0.15, 0.2) is 60.8 Å². The van der Waals surface area contributed by atoms with Crippen molar-refractivity contribution >= 4 is 16.8 Å². The number of hydrogen-bond donors (Lipinski definition) is 1. The van der Waals surface area contributed by atoms with Gasteiger partial charge in [0.15, 0.2) is 0 Å². The highest BCUT2D eigenvalue weighted by atomic mass is 16.1. The van der Waals surface area contributed by atoms with Gasteiger partial charge in [0.1, 0.15) is 0 Å². The number of carbonyl (C=O) groups is 1. The predicted octanol–water partition coefficient (Wildman–Crippen LogP) is 5.96. The van der Waals surface area contributed by atoms with E-state index in [1.807, 2.05) is 0 Å². The zero-order valence-electron chi connectivity index (χ0n) is 20.4. The fourth-order valence-electron chi connectivity index (χ4n) is 6.18. The van der Waals surface area contributed by atoms with Gasteiger partial charge in [0.2, 0.25) is 5.91 Å². The maximum Gasteiger partial charge on any atom is 0.220 e. The topological polar surface area (TPSA) is 37.3 Å². The van der Waals surface area contributed by atoms with E-state index in [0.717, 1.165) is 19.6 Å². The van der Waals surface area contributed by atoms with E-state index in [1.54, 1.807) is 0 Å². The van der Waals surface area contributed by atoms with Gasteiger partial charge < -0.3 is 14.8 Å². The molecule has 1 amide bonds. The summed E-state index contributed by atoms with van der Waals surface area (Å²) in [6, 6.07) is 19.5. The minimum atomic E-state index is 0.217. The quantitative estimate of drug-likeness (QED) is 0.431. The highest BCUT2D eigenvalue weighted by molar-refractivity contribution is 5.86. The summed E-state index contributed by atoms with van der Waals surface area (Å²) in [5.74, 6) is 1.10. The zero-order valence-corrected chi connectivity index (χ0v) is 20.4. The second kappa shape index (κ2) is 11.2. The lowest BCUT2D eigenvalue weighted by Crippen LogP contribution is -2.34. The third kappa shape index (κ3) is 5.55. The zero-order chi connectivity index (χ0) is 23.2. The summed E-state index contributed by atoms with van der Waals surface area (Å²) >= 11 is 0. The molecule has 2 aliphatic rings. The van der Waals surface area contributed by atoms with Crippen LogP contribution in [0.25, 0.3) is 10.9 Å². The Kier molecular flexibility index (Phi) is 7.65. The number of para-hydroxylation sites is 1. The minimum absolute atomic E-state index is 0.217. The summed E-state index contributed by atoms with van der Waals surface area (Å²) in [7, 11) is 0. The molecule has 5 rings (SSSR count). The average molecular weight is 458 g/mol. The average Bonchev–Trinajstić information content (AvgIpc) is 3.52. The first-order valence-corrected chi connectivity index (χ1v) is 13.4. The lowest BCUT2D eigenvalue weighted by molar-refractivity contribution is -0.121. The van der Waals surface area contributed by atoms with Crippen LogP contribution in [-0.2, 0) is 11.3 Å². The number of aromatic nitrogens is 1. The number of rotatable bonds is 9. The van der Waals surface area contributed by atoms with Crippen LogP contribution in [0.5, 0.6) is 0 Å². The Labute approximate surface area is 204 Å². The lowest BCUT2D eigenvalue weighted by Gasteiger charge is -2.30. The van der Waals surface area contributed by atoms with E-state index in [4.69, 9.17) is 0 Å². The summed E-state index contributed by atoms with van der Waals surface area (Å²) in [6.45, 7) is 4.98. The number of benzene rings is 2. The molecule has 4 nitrogen and oxygen atoms in total. The monoisotopic (exact) mass is 457 g/mol. The van der Waals surface area contributed by atoms with Gasteiger partial charge in [-0.3, -0.25) is 4.79 Å². The number of nitrogens with one attached hydrogen (secondary N) is 1. The molecule has 2 fully saturated rings. The molecule has 1 saturated heterocycles. The van der Waals surface area contributed by atoms with Crippen molar-refractivity contribution in [3.63, 3.8) is 0 Å². The van der Waals surface area contributed by atoms with E-state index < -0.39 is 0 Å². The van der Waals surface area contributed by atoms with Gasteiger partial charge in [0.05, 0.1) is 0 Å². The fraction of sp³-hybridized carbons (Fsp3) is 0.500. The van der Waals surface area contributed by atoms with Crippen LogP contribution in [0, 0.1) is 5.92 Å². The molecule has 1 aliphatic carbocycles. The first kappa shape index (κ1) is 23.2. The van der Waals surface area contributed by atoms with Crippen LogP contribution in [0.2, 0.25) is 0 Å². The molecule has 3 aromatic rings. The van der Waals surface area contributed by atoms with Gasteiger partial charge in [-0.15, -0.1) is 0 Å². The SMILES string of the molecule is O=C(C[C@H](c1cn(Cc2ccccc2)c2ccccc12)C1CCCCC1)NCCN1CCCC1. The molecular formula is C30H39N3O. The highest BCUT2D eigenvalue weighted by Gasteiger charge is 2.29. The van der Waals surface area contributed by atoms with E-state index in [-0.39, 0.29) is 11.8 Å².